The van der Waals surface area contributed by atoms with E-state index in [-0.39, 0.29) is 5.41 Å². The van der Waals surface area contributed by atoms with Crippen LogP contribution in [0, 0.1) is 19.3 Å². The fourth-order valence-electron chi connectivity index (χ4n) is 3.93. The lowest BCUT2D eigenvalue weighted by Crippen LogP contribution is -2.28. The molecule has 1 unspecified atom stereocenters. The van der Waals surface area contributed by atoms with Crippen molar-refractivity contribution in [2.45, 2.75) is 79.4 Å². The van der Waals surface area contributed by atoms with E-state index >= 15 is 0 Å². The number of hydrogen-bond donors (Lipinski definition) is 1. The first kappa shape index (κ1) is 22.7. The minimum Gasteiger partial charge on any atom is -0.479 e. The summed E-state index contributed by atoms with van der Waals surface area (Å²) < 4.78 is 6.07. The Morgan fingerprint density at radius 3 is 2.50 bits per heavy atom. The molecule has 0 spiro atoms. The van der Waals surface area contributed by atoms with Gasteiger partial charge < -0.3 is 9.84 Å². The molecular weight excluding hydrogens is 394 g/mol. The molecule has 30 heavy (non-hydrogen) atoms. The molecule has 2 heterocycles. The molecule has 0 saturated heterocycles. The molecule has 0 bridgehead atoms. The van der Waals surface area contributed by atoms with Crippen LogP contribution in [-0.4, -0.2) is 21.7 Å². The molecule has 1 N–H and O–H groups in total. The van der Waals surface area contributed by atoms with Gasteiger partial charge in [0.05, 0.1) is 16.2 Å². The number of allylic oxidation sites excluding steroid dienone is 2. The van der Waals surface area contributed by atoms with Gasteiger partial charge in [-0.15, -0.1) is 11.3 Å². The highest BCUT2D eigenvalue weighted by molar-refractivity contribution is 7.16. The van der Waals surface area contributed by atoms with Crippen LogP contribution >= 0.6 is 11.3 Å². The molecule has 0 saturated carbocycles. The van der Waals surface area contributed by atoms with Gasteiger partial charge in [-0.2, -0.15) is 0 Å². The van der Waals surface area contributed by atoms with Gasteiger partial charge in [-0.3, -0.25) is 4.98 Å². The van der Waals surface area contributed by atoms with Crippen LogP contribution in [-0.2, 0) is 9.53 Å². The number of aliphatic carboxylic acids is 1. The van der Waals surface area contributed by atoms with Crippen LogP contribution in [0.4, 0.5) is 0 Å². The van der Waals surface area contributed by atoms with Crippen LogP contribution in [0.1, 0.15) is 81.7 Å². The molecule has 5 heteroatoms. The molecule has 2 aromatic heterocycles. The van der Waals surface area contributed by atoms with Crippen molar-refractivity contribution in [2.24, 2.45) is 5.41 Å². The van der Waals surface area contributed by atoms with E-state index in [0.29, 0.717) is 0 Å². The zero-order valence-electron chi connectivity index (χ0n) is 19.1. The third-order valence-electron chi connectivity index (χ3n) is 5.50. The maximum absolute atomic E-state index is 12.3. The molecule has 1 aliphatic rings. The maximum atomic E-state index is 12.3. The summed E-state index contributed by atoms with van der Waals surface area (Å²) in [5.74, 6) is -0.951. The number of aryl methyl sites for hydroxylation is 2. The Morgan fingerprint density at radius 1 is 1.27 bits per heavy atom. The zero-order valence-corrected chi connectivity index (χ0v) is 19.9. The lowest BCUT2D eigenvalue weighted by Gasteiger charge is -2.30. The van der Waals surface area contributed by atoms with Crippen LogP contribution in [0.2, 0.25) is 0 Å². The van der Waals surface area contributed by atoms with E-state index in [1.807, 2.05) is 52.8 Å². The highest BCUT2D eigenvalue weighted by Crippen LogP contribution is 2.48. The van der Waals surface area contributed by atoms with E-state index < -0.39 is 17.7 Å². The molecule has 4 nitrogen and oxygen atoms in total. The maximum Gasteiger partial charge on any atom is 0.337 e. The van der Waals surface area contributed by atoms with Gasteiger partial charge in [0.2, 0.25) is 0 Å². The number of pyridine rings is 1. The van der Waals surface area contributed by atoms with Crippen molar-refractivity contribution in [1.29, 1.82) is 0 Å². The average molecular weight is 428 g/mol. The second kappa shape index (κ2) is 8.27. The fraction of sp³-hybridized carbons (Fsp3) is 0.520. The summed E-state index contributed by atoms with van der Waals surface area (Å²) >= 11 is 1.62. The highest BCUT2D eigenvalue weighted by atomic mass is 32.1. The summed E-state index contributed by atoms with van der Waals surface area (Å²) in [6.07, 6.45) is 4.27. The zero-order chi connectivity index (χ0) is 22.3. The van der Waals surface area contributed by atoms with E-state index in [0.717, 1.165) is 51.5 Å². The lowest BCUT2D eigenvalue weighted by molar-refractivity contribution is -0.160. The Hall–Kier alpha value is -1.98. The molecule has 1 atom stereocenters. The summed E-state index contributed by atoms with van der Waals surface area (Å²) in [4.78, 5) is 19.1. The Bertz CT molecular complexity index is 979. The van der Waals surface area contributed by atoms with Crippen molar-refractivity contribution < 1.29 is 14.6 Å². The Balaban J connectivity index is 2.24. The topological polar surface area (TPSA) is 59.4 Å². The average Bonchev–Trinajstić information content (AvgIpc) is 2.96. The third kappa shape index (κ3) is 5.01. The fourth-order valence-corrected chi connectivity index (χ4v) is 5.12. The van der Waals surface area contributed by atoms with Crippen molar-refractivity contribution in [2.75, 3.05) is 0 Å². The van der Waals surface area contributed by atoms with Gasteiger partial charge in [-0.05, 0) is 77.0 Å². The quantitative estimate of drug-likeness (QED) is 0.560. The Labute approximate surface area is 184 Å². The van der Waals surface area contributed by atoms with Gasteiger partial charge in [-0.25, -0.2) is 4.79 Å². The molecule has 0 radical (unpaired) electrons. The number of carboxylic acid groups (broad SMARTS) is 1. The Kier molecular flexibility index (Phi) is 6.26. The number of carboxylic acids is 1. The standard InChI is InChI=1S/C25H33NO3S/c1-15-9-8-10-18(26-15)22-20(17-11-13-25(6,7)14-12-17)19(16(2)30-22)21(23(27)28)29-24(3,4)5/h8-11,21H,12-14H2,1-7H3,(H,27,28). The third-order valence-corrected chi connectivity index (χ3v) is 6.65. The van der Waals surface area contributed by atoms with Crippen LogP contribution in [0.3, 0.4) is 0 Å². The normalized spacial score (nSPS) is 17.5. The van der Waals surface area contributed by atoms with Crippen LogP contribution in [0.15, 0.2) is 24.3 Å². The summed E-state index contributed by atoms with van der Waals surface area (Å²) in [7, 11) is 0. The van der Waals surface area contributed by atoms with Gasteiger partial charge >= 0.3 is 5.97 Å². The first-order valence-electron chi connectivity index (χ1n) is 10.6. The minimum atomic E-state index is -1.01. The number of aromatic nitrogens is 1. The summed E-state index contributed by atoms with van der Waals surface area (Å²) in [6.45, 7) is 14.2. The van der Waals surface area contributed by atoms with Gasteiger partial charge in [0.15, 0.2) is 6.10 Å². The molecule has 0 fully saturated rings. The SMILES string of the molecule is Cc1cccc(-c2sc(C)c(C(OC(C)(C)C)C(=O)O)c2C2=CCC(C)(C)CC2)n1. The van der Waals surface area contributed by atoms with E-state index in [1.165, 1.54) is 5.57 Å². The molecular formula is C25H33NO3S. The van der Waals surface area contributed by atoms with Crippen molar-refractivity contribution in [3.8, 4) is 10.6 Å². The molecule has 1 aliphatic carbocycles. The van der Waals surface area contributed by atoms with Gasteiger partial charge in [-0.1, -0.05) is 26.0 Å². The molecule has 162 valence electrons. The van der Waals surface area contributed by atoms with Gasteiger partial charge in [0.25, 0.3) is 0 Å². The lowest BCUT2D eigenvalue weighted by atomic mass is 9.76. The molecule has 0 aromatic carbocycles. The van der Waals surface area contributed by atoms with Crippen LogP contribution in [0.25, 0.3) is 16.1 Å². The number of hydrogen-bond acceptors (Lipinski definition) is 4. The van der Waals surface area contributed by atoms with Crippen molar-refractivity contribution >= 4 is 22.9 Å². The number of carbonyl (C=O) groups is 1. The molecule has 2 aromatic rings. The highest BCUT2D eigenvalue weighted by Gasteiger charge is 2.35. The van der Waals surface area contributed by atoms with Crippen molar-refractivity contribution in [3.05, 3.63) is 46.0 Å². The first-order chi connectivity index (χ1) is 13.9. The number of nitrogens with zero attached hydrogens (tertiary/aromatic N) is 1. The summed E-state index contributed by atoms with van der Waals surface area (Å²) in [5.41, 5.74) is 4.56. The molecule has 0 amide bonds. The second-order valence-electron chi connectivity index (χ2n) is 9.99. The monoisotopic (exact) mass is 427 g/mol. The van der Waals surface area contributed by atoms with Crippen molar-refractivity contribution in [1.82, 2.24) is 4.98 Å². The van der Waals surface area contributed by atoms with E-state index in [9.17, 15) is 9.90 Å². The first-order valence-corrected chi connectivity index (χ1v) is 11.4. The molecule has 0 aliphatic heterocycles. The van der Waals surface area contributed by atoms with E-state index in [1.54, 1.807) is 11.3 Å². The van der Waals surface area contributed by atoms with Crippen LogP contribution in [0.5, 0.6) is 0 Å². The summed E-state index contributed by atoms with van der Waals surface area (Å²) in [6, 6.07) is 6.00. The number of rotatable bonds is 5. The van der Waals surface area contributed by atoms with Gasteiger partial charge in [0.1, 0.15) is 0 Å². The summed E-state index contributed by atoms with van der Waals surface area (Å²) in [5, 5.41) is 10.1. The number of ether oxygens (including phenoxy) is 1. The van der Waals surface area contributed by atoms with Crippen molar-refractivity contribution in [3.63, 3.8) is 0 Å². The minimum absolute atomic E-state index is 0.268. The molecule has 3 rings (SSSR count). The second-order valence-corrected chi connectivity index (χ2v) is 11.2. The Morgan fingerprint density at radius 2 is 1.97 bits per heavy atom. The smallest absolute Gasteiger partial charge is 0.337 e. The van der Waals surface area contributed by atoms with Crippen LogP contribution < -0.4 is 0 Å². The number of thiophene rings is 1. The van der Waals surface area contributed by atoms with Gasteiger partial charge in [0, 0.05) is 21.7 Å². The van der Waals surface area contributed by atoms with E-state index in [4.69, 9.17) is 9.72 Å². The predicted molar refractivity (Wildman–Crippen MR) is 124 cm³/mol. The van der Waals surface area contributed by atoms with E-state index in [2.05, 4.69) is 19.9 Å². The largest absolute Gasteiger partial charge is 0.479 e. The predicted octanol–water partition coefficient (Wildman–Crippen LogP) is 6.96.